The highest BCUT2D eigenvalue weighted by molar-refractivity contribution is 7.89. The molecule has 30 heavy (non-hydrogen) atoms. The number of nitrogens with zero attached hydrogens (tertiary/aromatic N) is 4. The molecule has 164 valence electrons. The average Bonchev–Trinajstić information content (AvgIpc) is 3.13. The van der Waals surface area contributed by atoms with Crippen molar-refractivity contribution in [1.82, 2.24) is 19.3 Å². The second-order valence-corrected chi connectivity index (χ2v) is 10.0. The Bertz CT molecular complexity index is 969. The van der Waals surface area contributed by atoms with Crippen molar-refractivity contribution in [1.29, 1.82) is 0 Å². The van der Waals surface area contributed by atoms with Gasteiger partial charge in [-0.05, 0) is 36.5 Å². The lowest BCUT2D eigenvalue weighted by molar-refractivity contribution is -0.131. The lowest BCUT2D eigenvalue weighted by atomic mass is 10.0. The maximum absolute atomic E-state index is 13.2. The van der Waals surface area contributed by atoms with Gasteiger partial charge in [0.1, 0.15) is 0 Å². The van der Waals surface area contributed by atoms with E-state index in [-0.39, 0.29) is 11.9 Å². The van der Waals surface area contributed by atoms with Crippen LogP contribution in [-0.4, -0.2) is 59.3 Å². The Morgan fingerprint density at radius 2 is 2.00 bits per heavy atom. The first-order valence-corrected chi connectivity index (χ1v) is 11.8. The zero-order chi connectivity index (χ0) is 21.9. The SMILES string of the molecule is CC(=O)N(CCc1noc(C)n1)C1CCCN(S(=O)(=O)c2ccc(C(C)C)cc2)C1. The first-order valence-electron chi connectivity index (χ1n) is 10.3. The van der Waals surface area contributed by atoms with Crippen molar-refractivity contribution in [3.63, 3.8) is 0 Å². The molecule has 0 spiro atoms. The second kappa shape index (κ2) is 9.26. The van der Waals surface area contributed by atoms with Crippen LogP contribution in [0.2, 0.25) is 0 Å². The van der Waals surface area contributed by atoms with Crippen molar-refractivity contribution in [2.75, 3.05) is 19.6 Å². The molecule has 3 rings (SSSR count). The third kappa shape index (κ3) is 5.07. The van der Waals surface area contributed by atoms with Crippen molar-refractivity contribution >= 4 is 15.9 Å². The number of aromatic nitrogens is 2. The van der Waals surface area contributed by atoms with Crippen molar-refractivity contribution in [3.8, 4) is 0 Å². The summed E-state index contributed by atoms with van der Waals surface area (Å²) in [6.07, 6.45) is 1.94. The monoisotopic (exact) mass is 434 g/mol. The van der Waals surface area contributed by atoms with Gasteiger partial charge in [-0.2, -0.15) is 9.29 Å². The summed E-state index contributed by atoms with van der Waals surface area (Å²) >= 11 is 0. The van der Waals surface area contributed by atoms with Crippen LogP contribution in [0.5, 0.6) is 0 Å². The summed E-state index contributed by atoms with van der Waals surface area (Å²) in [4.78, 5) is 18.5. The molecule has 0 N–H and O–H groups in total. The van der Waals surface area contributed by atoms with Crippen LogP contribution in [-0.2, 0) is 21.2 Å². The summed E-state index contributed by atoms with van der Waals surface area (Å²) in [5, 5.41) is 3.88. The number of sulfonamides is 1. The smallest absolute Gasteiger partial charge is 0.243 e. The molecule has 1 fully saturated rings. The van der Waals surface area contributed by atoms with Gasteiger partial charge in [0.25, 0.3) is 0 Å². The molecule has 1 aliphatic heterocycles. The van der Waals surface area contributed by atoms with E-state index in [2.05, 4.69) is 24.0 Å². The van der Waals surface area contributed by atoms with Crippen LogP contribution in [0.4, 0.5) is 0 Å². The number of benzene rings is 1. The van der Waals surface area contributed by atoms with Crippen LogP contribution in [0.3, 0.4) is 0 Å². The summed E-state index contributed by atoms with van der Waals surface area (Å²) in [6, 6.07) is 6.92. The molecule has 0 saturated carbocycles. The van der Waals surface area contributed by atoms with E-state index in [0.717, 1.165) is 12.0 Å². The van der Waals surface area contributed by atoms with Gasteiger partial charge in [0.15, 0.2) is 5.82 Å². The third-order valence-electron chi connectivity index (χ3n) is 5.53. The van der Waals surface area contributed by atoms with Gasteiger partial charge in [-0.3, -0.25) is 4.79 Å². The zero-order valence-electron chi connectivity index (χ0n) is 18.0. The summed E-state index contributed by atoms with van der Waals surface area (Å²) in [5.41, 5.74) is 1.10. The minimum atomic E-state index is -3.60. The van der Waals surface area contributed by atoms with Gasteiger partial charge >= 0.3 is 0 Å². The quantitative estimate of drug-likeness (QED) is 0.665. The largest absolute Gasteiger partial charge is 0.340 e. The lowest BCUT2D eigenvalue weighted by Crippen LogP contribution is -2.51. The number of aryl methyl sites for hydroxylation is 1. The number of piperidine rings is 1. The molecule has 0 radical (unpaired) electrons. The third-order valence-corrected chi connectivity index (χ3v) is 7.41. The van der Waals surface area contributed by atoms with Gasteiger partial charge in [-0.1, -0.05) is 31.1 Å². The van der Waals surface area contributed by atoms with E-state index in [0.29, 0.717) is 55.0 Å². The lowest BCUT2D eigenvalue weighted by Gasteiger charge is -2.38. The van der Waals surface area contributed by atoms with Gasteiger partial charge in [0.2, 0.25) is 21.8 Å². The van der Waals surface area contributed by atoms with Gasteiger partial charge in [-0.25, -0.2) is 8.42 Å². The minimum absolute atomic E-state index is 0.0826. The van der Waals surface area contributed by atoms with E-state index in [1.165, 1.54) is 11.2 Å². The maximum Gasteiger partial charge on any atom is 0.243 e. The van der Waals surface area contributed by atoms with Gasteiger partial charge in [0.05, 0.1) is 4.90 Å². The van der Waals surface area contributed by atoms with E-state index >= 15 is 0 Å². The van der Waals surface area contributed by atoms with Gasteiger partial charge in [-0.15, -0.1) is 0 Å². The topological polar surface area (TPSA) is 96.6 Å². The molecular weight excluding hydrogens is 404 g/mol. The van der Waals surface area contributed by atoms with Gasteiger partial charge in [0, 0.05) is 45.9 Å². The molecule has 1 atom stereocenters. The molecule has 0 bridgehead atoms. The summed E-state index contributed by atoms with van der Waals surface area (Å²) in [6.45, 7) is 8.56. The number of hydrogen-bond acceptors (Lipinski definition) is 6. The van der Waals surface area contributed by atoms with E-state index in [9.17, 15) is 13.2 Å². The fourth-order valence-corrected chi connectivity index (χ4v) is 5.34. The highest BCUT2D eigenvalue weighted by atomic mass is 32.2. The van der Waals surface area contributed by atoms with E-state index in [1.807, 2.05) is 12.1 Å². The average molecular weight is 435 g/mol. The van der Waals surface area contributed by atoms with E-state index < -0.39 is 10.0 Å². The summed E-state index contributed by atoms with van der Waals surface area (Å²) < 4.78 is 32.8. The molecule has 1 aromatic carbocycles. The Labute approximate surface area is 178 Å². The number of rotatable bonds is 7. The molecule has 2 heterocycles. The Morgan fingerprint density at radius 1 is 1.30 bits per heavy atom. The molecule has 9 heteroatoms. The number of amides is 1. The molecule has 1 aromatic heterocycles. The maximum atomic E-state index is 13.2. The fraction of sp³-hybridized carbons (Fsp3) is 0.571. The van der Waals surface area contributed by atoms with Crippen molar-refractivity contribution in [2.24, 2.45) is 0 Å². The van der Waals surface area contributed by atoms with Crippen LogP contribution >= 0.6 is 0 Å². The van der Waals surface area contributed by atoms with Crippen molar-refractivity contribution in [3.05, 3.63) is 41.5 Å². The summed E-state index contributed by atoms with van der Waals surface area (Å²) in [7, 11) is -3.60. The highest BCUT2D eigenvalue weighted by Crippen LogP contribution is 2.25. The predicted octanol–water partition coefficient (Wildman–Crippen LogP) is 2.75. The van der Waals surface area contributed by atoms with Crippen LogP contribution in [0.1, 0.15) is 56.8 Å². The molecule has 1 saturated heterocycles. The molecule has 2 aromatic rings. The normalized spacial score (nSPS) is 18.0. The molecule has 8 nitrogen and oxygen atoms in total. The molecule has 1 unspecified atom stereocenters. The molecule has 0 aliphatic carbocycles. The van der Waals surface area contributed by atoms with Crippen molar-refractivity contribution in [2.45, 2.75) is 63.8 Å². The zero-order valence-corrected chi connectivity index (χ0v) is 18.9. The Balaban J connectivity index is 1.72. The Kier molecular flexibility index (Phi) is 6.92. The second-order valence-electron chi connectivity index (χ2n) is 8.07. The fourth-order valence-electron chi connectivity index (χ4n) is 3.83. The first-order chi connectivity index (χ1) is 14.2. The Morgan fingerprint density at radius 3 is 2.57 bits per heavy atom. The molecule has 1 amide bonds. The first kappa shape index (κ1) is 22.4. The van der Waals surface area contributed by atoms with Gasteiger partial charge < -0.3 is 9.42 Å². The standard InChI is InChI=1S/C21H30N4O4S/c1-15(2)18-7-9-20(10-8-18)30(27,28)24-12-5-6-19(14-24)25(17(4)26)13-11-21-22-16(3)29-23-21/h7-10,15,19H,5-6,11-14H2,1-4H3. The Hall–Kier alpha value is -2.26. The molecule has 1 aliphatic rings. The van der Waals surface area contributed by atoms with Crippen molar-refractivity contribution < 1.29 is 17.7 Å². The minimum Gasteiger partial charge on any atom is -0.340 e. The molecular formula is C21H30N4O4S. The summed E-state index contributed by atoms with van der Waals surface area (Å²) in [5.74, 6) is 1.29. The number of hydrogen-bond donors (Lipinski definition) is 0. The predicted molar refractivity (Wildman–Crippen MR) is 112 cm³/mol. The van der Waals surface area contributed by atoms with Crippen LogP contribution in [0.25, 0.3) is 0 Å². The van der Waals surface area contributed by atoms with Crippen LogP contribution < -0.4 is 0 Å². The number of carbonyl (C=O) groups is 1. The van der Waals surface area contributed by atoms with E-state index in [1.54, 1.807) is 24.0 Å². The highest BCUT2D eigenvalue weighted by Gasteiger charge is 2.33. The van der Waals surface area contributed by atoms with Crippen LogP contribution in [0, 0.1) is 6.92 Å². The van der Waals surface area contributed by atoms with E-state index in [4.69, 9.17) is 4.52 Å². The number of carbonyl (C=O) groups excluding carboxylic acids is 1. The van der Waals surface area contributed by atoms with Crippen LogP contribution in [0.15, 0.2) is 33.7 Å².